The summed E-state index contributed by atoms with van der Waals surface area (Å²) in [4.78, 5) is 30.4. The van der Waals surface area contributed by atoms with Gasteiger partial charge < -0.3 is 25.6 Å². The minimum atomic E-state index is -0.415. The van der Waals surface area contributed by atoms with E-state index in [4.69, 9.17) is 9.72 Å². The maximum atomic E-state index is 11.8. The number of carbonyl (C=O) groups excluding carboxylic acids is 2. The number of piperidine rings is 1. The van der Waals surface area contributed by atoms with Crippen molar-refractivity contribution in [1.29, 1.82) is 5.26 Å². The second-order valence-corrected chi connectivity index (χ2v) is 13.1. The van der Waals surface area contributed by atoms with Crippen LogP contribution in [-0.4, -0.2) is 75.6 Å². The zero-order valence-electron chi connectivity index (χ0n) is 25.1. The van der Waals surface area contributed by atoms with Crippen LogP contribution in [0.2, 0.25) is 0 Å². The van der Waals surface area contributed by atoms with Gasteiger partial charge in [0.1, 0.15) is 6.07 Å². The van der Waals surface area contributed by atoms with Crippen LogP contribution >= 0.6 is 11.3 Å². The van der Waals surface area contributed by atoms with Crippen molar-refractivity contribution >= 4 is 39.7 Å². The Morgan fingerprint density at radius 3 is 2.67 bits per heavy atom. The number of ether oxygens (including phenoxy) is 1. The van der Waals surface area contributed by atoms with Gasteiger partial charge in [0.25, 0.3) is 0 Å². The monoisotopic (exact) mass is 626 g/mol. The molecule has 0 spiro atoms. The van der Waals surface area contributed by atoms with Crippen LogP contribution in [0.3, 0.4) is 0 Å². The van der Waals surface area contributed by atoms with Gasteiger partial charge in [0.15, 0.2) is 5.01 Å². The molecule has 0 radical (unpaired) electrons. The van der Waals surface area contributed by atoms with Gasteiger partial charge in [0, 0.05) is 51.0 Å². The highest BCUT2D eigenvalue weighted by atomic mass is 32.1. The zero-order chi connectivity index (χ0) is 31.1. The normalized spacial score (nSPS) is 23.7. The molecule has 0 unspecified atom stereocenters. The fourth-order valence-corrected chi connectivity index (χ4v) is 7.80. The Balaban J connectivity index is 1.15. The summed E-state index contributed by atoms with van der Waals surface area (Å²) in [6, 6.07) is 10.3. The Bertz CT molecular complexity index is 1780. The Morgan fingerprint density at radius 1 is 1.13 bits per heavy atom. The highest BCUT2D eigenvalue weighted by Crippen LogP contribution is 2.42. The van der Waals surface area contributed by atoms with E-state index in [0.717, 1.165) is 77.1 Å². The number of anilines is 2. The van der Waals surface area contributed by atoms with E-state index in [9.17, 15) is 14.9 Å². The highest BCUT2D eigenvalue weighted by molar-refractivity contribution is 7.18. The number of nitrogens with zero attached hydrogens (tertiary/aromatic N) is 7. The molecule has 2 aliphatic carbocycles. The predicted octanol–water partition coefficient (Wildman–Crippen LogP) is 3.68. The SMILES string of the molecule is CNC(=O)OCC1CC(Nc2cc(-c3ccc4cc(C#N)cnn34)ncc2-c2nnc(N3C[C@H]4CC[C@H](C3)C4NC(C)=O)s2)C1. The standard InChI is InChI=1S/C31H34N10O3S/c1-17(42)36-28-20-3-4-21(28)15-40(14-20)30-39-38-29(45-30)24-13-34-26(27-6-5-23-9-19(11-32)12-35-41(23)27)10-25(24)37-22-7-18(8-22)16-44-31(43)33-2/h5-6,9-10,12-13,18,20-22,28H,3-4,7-8,14-16H2,1-2H3,(H,33,43)(H,34,37)(H,36,42)/t18?,20-,21-,22?/m1/s1. The third-order valence-corrected chi connectivity index (χ3v) is 10.2. The van der Waals surface area contributed by atoms with Gasteiger partial charge in [0.2, 0.25) is 11.0 Å². The lowest BCUT2D eigenvalue weighted by molar-refractivity contribution is -0.120. The fourth-order valence-electron chi connectivity index (χ4n) is 6.92. The number of alkyl carbamates (subject to hydrolysis) is 1. The number of aromatic nitrogens is 5. The third kappa shape index (κ3) is 5.75. The maximum Gasteiger partial charge on any atom is 0.406 e. The van der Waals surface area contributed by atoms with E-state index >= 15 is 0 Å². The second-order valence-electron chi connectivity index (χ2n) is 12.2. The van der Waals surface area contributed by atoms with E-state index in [1.54, 1.807) is 42.1 Å². The molecule has 45 heavy (non-hydrogen) atoms. The summed E-state index contributed by atoms with van der Waals surface area (Å²) in [5, 5.41) is 34.0. The van der Waals surface area contributed by atoms with Crippen molar-refractivity contribution in [3.8, 4) is 28.0 Å². The fraction of sp³-hybridized carbons (Fsp3) is 0.452. The quantitative estimate of drug-likeness (QED) is 0.263. The van der Waals surface area contributed by atoms with Crippen LogP contribution in [0.4, 0.5) is 15.6 Å². The van der Waals surface area contributed by atoms with Crippen molar-refractivity contribution in [2.45, 2.75) is 44.7 Å². The molecule has 3 N–H and O–H groups in total. The summed E-state index contributed by atoms with van der Waals surface area (Å²) >= 11 is 1.55. The first-order valence-corrected chi connectivity index (χ1v) is 16.1. The molecule has 4 aromatic heterocycles. The highest BCUT2D eigenvalue weighted by Gasteiger charge is 2.43. The molecule has 3 aliphatic rings. The minimum Gasteiger partial charge on any atom is -0.449 e. The van der Waals surface area contributed by atoms with Gasteiger partial charge in [0.05, 0.1) is 40.8 Å². The molecule has 3 fully saturated rings. The Labute approximate surface area is 264 Å². The van der Waals surface area contributed by atoms with Gasteiger partial charge in [-0.05, 0) is 67.7 Å². The van der Waals surface area contributed by atoms with Crippen molar-refractivity contribution in [3.63, 3.8) is 0 Å². The summed E-state index contributed by atoms with van der Waals surface area (Å²) in [7, 11) is 1.55. The van der Waals surface area contributed by atoms with Gasteiger partial charge in [-0.15, -0.1) is 10.2 Å². The summed E-state index contributed by atoms with van der Waals surface area (Å²) in [5.74, 6) is 1.15. The molecular formula is C31H34N10O3S. The first kappa shape index (κ1) is 29.0. The molecule has 2 saturated carbocycles. The molecule has 2 bridgehead atoms. The first-order chi connectivity index (χ1) is 21.9. The van der Waals surface area contributed by atoms with Gasteiger partial charge in [-0.3, -0.25) is 9.78 Å². The van der Waals surface area contributed by atoms with Crippen LogP contribution in [0, 0.1) is 29.1 Å². The van der Waals surface area contributed by atoms with Crippen molar-refractivity contribution in [2.75, 3.05) is 37.0 Å². The van der Waals surface area contributed by atoms with E-state index < -0.39 is 6.09 Å². The number of pyridine rings is 1. The lowest BCUT2D eigenvalue weighted by atomic mass is 9.80. The summed E-state index contributed by atoms with van der Waals surface area (Å²) < 4.78 is 7.04. The molecular weight excluding hydrogens is 592 g/mol. The van der Waals surface area contributed by atoms with E-state index in [1.165, 1.54) is 0 Å². The number of hydrogen-bond donors (Lipinski definition) is 3. The van der Waals surface area contributed by atoms with Gasteiger partial charge in [-0.1, -0.05) is 11.3 Å². The topological polar surface area (TPSA) is 162 Å². The number of fused-ring (bicyclic) bond motifs is 3. The van der Waals surface area contributed by atoms with E-state index in [2.05, 4.69) is 42.2 Å². The summed E-state index contributed by atoms with van der Waals surface area (Å²) in [5.41, 5.74) is 4.61. The zero-order valence-corrected chi connectivity index (χ0v) is 25.9. The first-order valence-electron chi connectivity index (χ1n) is 15.2. The van der Waals surface area contributed by atoms with E-state index in [0.29, 0.717) is 29.9 Å². The number of nitriles is 1. The number of carbonyl (C=O) groups is 2. The smallest absolute Gasteiger partial charge is 0.406 e. The Morgan fingerprint density at radius 2 is 1.93 bits per heavy atom. The number of nitrogens with one attached hydrogen (secondary N) is 3. The predicted molar refractivity (Wildman–Crippen MR) is 169 cm³/mol. The molecule has 4 aromatic rings. The number of rotatable bonds is 8. The number of hydrogen-bond acceptors (Lipinski definition) is 11. The van der Waals surface area contributed by atoms with Crippen LogP contribution < -0.4 is 20.9 Å². The molecule has 2 atom stereocenters. The lowest BCUT2D eigenvalue weighted by Crippen LogP contribution is -2.52. The van der Waals surface area contributed by atoms with Crippen LogP contribution in [-0.2, 0) is 9.53 Å². The molecule has 13 nitrogen and oxygen atoms in total. The Kier molecular flexibility index (Phi) is 7.70. The average Bonchev–Trinajstić information content (AvgIpc) is 3.73. The Hall–Kier alpha value is -4.77. The van der Waals surface area contributed by atoms with Crippen molar-refractivity contribution < 1.29 is 14.3 Å². The van der Waals surface area contributed by atoms with Crippen LogP contribution in [0.25, 0.3) is 27.5 Å². The number of amides is 2. The van der Waals surface area contributed by atoms with Crippen LogP contribution in [0.1, 0.15) is 38.2 Å². The molecule has 5 heterocycles. The minimum absolute atomic E-state index is 0.0344. The van der Waals surface area contributed by atoms with Crippen molar-refractivity contribution in [2.24, 2.45) is 17.8 Å². The van der Waals surface area contributed by atoms with Crippen LogP contribution in [0.5, 0.6) is 0 Å². The van der Waals surface area contributed by atoms with E-state index in [-0.39, 0.29) is 18.0 Å². The summed E-state index contributed by atoms with van der Waals surface area (Å²) in [6.07, 6.45) is 6.92. The lowest BCUT2D eigenvalue weighted by Gasteiger charge is -2.37. The van der Waals surface area contributed by atoms with Crippen molar-refractivity contribution in [3.05, 3.63) is 42.2 Å². The average molecular weight is 627 g/mol. The molecule has 14 heteroatoms. The molecule has 232 valence electrons. The molecule has 1 saturated heterocycles. The van der Waals surface area contributed by atoms with Crippen LogP contribution in [0.15, 0.2) is 36.7 Å². The van der Waals surface area contributed by atoms with Crippen molar-refractivity contribution in [1.82, 2.24) is 35.4 Å². The largest absolute Gasteiger partial charge is 0.449 e. The molecule has 7 rings (SSSR count). The van der Waals surface area contributed by atoms with Gasteiger partial charge in [-0.25, -0.2) is 9.31 Å². The maximum absolute atomic E-state index is 11.8. The second kappa shape index (κ2) is 12.0. The van der Waals surface area contributed by atoms with Gasteiger partial charge in [-0.2, -0.15) is 10.4 Å². The van der Waals surface area contributed by atoms with E-state index in [1.807, 2.05) is 24.4 Å². The van der Waals surface area contributed by atoms with Gasteiger partial charge >= 0.3 is 6.09 Å². The summed E-state index contributed by atoms with van der Waals surface area (Å²) in [6.45, 7) is 3.68. The molecule has 1 aliphatic heterocycles. The molecule has 2 amide bonds. The third-order valence-electron chi connectivity index (χ3n) is 9.16. The molecule has 0 aromatic carbocycles.